The zero-order chi connectivity index (χ0) is 22.0. The normalized spacial score (nSPS) is 20.4. The Morgan fingerprint density at radius 3 is 2.78 bits per heavy atom. The SMILES string of the molecule is O=C(Nc1cn2cc(-c3c(Cl)c(F)c(N4CCCC4)c4[nH]ncc34)ncc2n1)C1CC1F. The number of benzene rings is 1. The number of nitrogens with one attached hydrogen (secondary N) is 2. The number of aromatic nitrogens is 5. The van der Waals surface area contributed by atoms with E-state index in [4.69, 9.17) is 11.6 Å². The molecule has 1 saturated carbocycles. The summed E-state index contributed by atoms with van der Waals surface area (Å²) < 4.78 is 30.2. The molecule has 0 spiro atoms. The van der Waals surface area contributed by atoms with E-state index in [-0.39, 0.29) is 11.4 Å². The summed E-state index contributed by atoms with van der Waals surface area (Å²) in [4.78, 5) is 22.7. The summed E-state index contributed by atoms with van der Waals surface area (Å²) >= 11 is 6.53. The van der Waals surface area contributed by atoms with Crippen molar-refractivity contribution in [1.82, 2.24) is 24.6 Å². The van der Waals surface area contributed by atoms with Crippen molar-refractivity contribution in [2.75, 3.05) is 23.3 Å². The highest BCUT2D eigenvalue weighted by Crippen LogP contribution is 2.43. The van der Waals surface area contributed by atoms with Crippen molar-refractivity contribution in [3.05, 3.63) is 35.6 Å². The molecule has 6 rings (SSSR count). The lowest BCUT2D eigenvalue weighted by atomic mass is 10.0. The molecule has 2 atom stereocenters. The molecule has 1 aliphatic carbocycles. The van der Waals surface area contributed by atoms with Gasteiger partial charge in [0.05, 0.1) is 40.7 Å². The molecule has 4 heterocycles. The fraction of sp³-hybridized carbons (Fsp3) is 0.333. The molecule has 3 aromatic heterocycles. The molecule has 1 amide bonds. The number of carbonyl (C=O) groups excluding carboxylic acids is 1. The molecule has 11 heteroatoms. The number of rotatable bonds is 4. The highest BCUT2D eigenvalue weighted by molar-refractivity contribution is 6.35. The van der Waals surface area contributed by atoms with E-state index >= 15 is 4.39 Å². The van der Waals surface area contributed by atoms with Crippen molar-refractivity contribution in [2.24, 2.45) is 5.92 Å². The summed E-state index contributed by atoms with van der Waals surface area (Å²) in [5, 5.41) is 10.3. The van der Waals surface area contributed by atoms with E-state index in [1.165, 1.54) is 6.20 Å². The minimum atomic E-state index is -1.08. The second kappa shape index (κ2) is 7.13. The Hall–Kier alpha value is -3.27. The summed E-state index contributed by atoms with van der Waals surface area (Å²) in [6.07, 6.45) is 7.54. The molecule has 0 bridgehead atoms. The number of anilines is 2. The van der Waals surface area contributed by atoms with Crippen LogP contribution < -0.4 is 10.2 Å². The molecule has 164 valence electrons. The lowest BCUT2D eigenvalue weighted by molar-refractivity contribution is -0.117. The molecule has 1 aliphatic heterocycles. The number of hydrogen-bond acceptors (Lipinski definition) is 5. The highest BCUT2D eigenvalue weighted by Gasteiger charge is 2.43. The monoisotopic (exact) mass is 457 g/mol. The van der Waals surface area contributed by atoms with Crippen LogP contribution in [0.3, 0.4) is 0 Å². The van der Waals surface area contributed by atoms with Gasteiger partial charge in [-0.1, -0.05) is 11.6 Å². The number of carbonyl (C=O) groups is 1. The molecule has 2 N–H and O–H groups in total. The van der Waals surface area contributed by atoms with Crippen LogP contribution in [-0.2, 0) is 4.79 Å². The van der Waals surface area contributed by atoms with Crippen LogP contribution in [0.5, 0.6) is 0 Å². The summed E-state index contributed by atoms with van der Waals surface area (Å²) in [6, 6.07) is 0. The number of aromatic amines is 1. The predicted octanol–water partition coefficient (Wildman–Crippen LogP) is 3.96. The second-order valence-electron chi connectivity index (χ2n) is 8.22. The Kier molecular flexibility index (Phi) is 4.32. The molecule has 0 radical (unpaired) electrons. The first-order chi connectivity index (χ1) is 15.5. The average molecular weight is 458 g/mol. The zero-order valence-electron chi connectivity index (χ0n) is 16.8. The van der Waals surface area contributed by atoms with Crippen LogP contribution in [0.25, 0.3) is 27.8 Å². The molecular formula is C21H18ClF2N7O. The molecule has 2 fully saturated rings. The van der Waals surface area contributed by atoms with Crippen LogP contribution in [0.2, 0.25) is 5.02 Å². The van der Waals surface area contributed by atoms with Crippen LogP contribution in [0, 0.1) is 11.7 Å². The molecule has 4 aromatic rings. The van der Waals surface area contributed by atoms with E-state index in [0.29, 0.717) is 39.3 Å². The quantitative estimate of drug-likeness (QED) is 0.484. The van der Waals surface area contributed by atoms with E-state index in [0.717, 1.165) is 25.9 Å². The van der Waals surface area contributed by atoms with Gasteiger partial charge in [0.1, 0.15) is 11.9 Å². The van der Waals surface area contributed by atoms with Crippen LogP contribution in [-0.4, -0.2) is 49.7 Å². The standard InChI is InChI=1S/C21H18ClF2N7O/c22-17-16(11-6-26-29-19(11)20(18(17)24)30-3-1-2-4-30)13-8-31-9-14(27-15(31)7-25-13)28-21(32)10-5-12(10)23/h6-10,12H,1-5H2,(H,26,29)(H,28,32). The third kappa shape index (κ3) is 3.01. The topological polar surface area (TPSA) is 91.2 Å². The number of fused-ring (bicyclic) bond motifs is 2. The number of hydrogen-bond donors (Lipinski definition) is 2. The smallest absolute Gasteiger partial charge is 0.231 e. The van der Waals surface area contributed by atoms with Gasteiger partial charge in [0, 0.05) is 30.2 Å². The van der Waals surface area contributed by atoms with Gasteiger partial charge in [-0.25, -0.2) is 13.8 Å². The van der Waals surface area contributed by atoms with Crippen molar-refractivity contribution < 1.29 is 13.6 Å². The van der Waals surface area contributed by atoms with Gasteiger partial charge < -0.3 is 14.6 Å². The van der Waals surface area contributed by atoms with E-state index in [9.17, 15) is 9.18 Å². The Morgan fingerprint density at radius 1 is 1.25 bits per heavy atom. The largest absolute Gasteiger partial charge is 0.367 e. The lowest BCUT2D eigenvalue weighted by Crippen LogP contribution is -2.20. The van der Waals surface area contributed by atoms with Gasteiger partial charge in [0.15, 0.2) is 17.3 Å². The maximum atomic E-state index is 15.4. The first-order valence-corrected chi connectivity index (χ1v) is 10.8. The van der Waals surface area contributed by atoms with Crippen molar-refractivity contribution in [3.8, 4) is 11.3 Å². The Bertz CT molecular complexity index is 1380. The van der Waals surface area contributed by atoms with Crippen LogP contribution in [0.15, 0.2) is 24.8 Å². The van der Waals surface area contributed by atoms with Gasteiger partial charge in [-0.05, 0) is 19.3 Å². The van der Waals surface area contributed by atoms with Gasteiger partial charge in [-0.2, -0.15) is 5.10 Å². The number of alkyl halides is 1. The maximum Gasteiger partial charge on any atom is 0.231 e. The lowest BCUT2D eigenvalue weighted by Gasteiger charge is -2.21. The fourth-order valence-corrected chi connectivity index (χ4v) is 4.62. The maximum absolute atomic E-state index is 15.4. The molecule has 2 unspecified atom stereocenters. The summed E-state index contributed by atoms with van der Waals surface area (Å²) in [7, 11) is 0. The van der Waals surface area contributed by atoms with Crippen molar-refractivity contribution in [3.63, 3.8) is 0 Å². The first kappa shape index (κ1) is 19.4. The molecule has 1 aromatic carbocycles. The minimum Gasteiger partial charge on any atom is -0.367 e. The van der Waals surface area contributed by atoms with E-state index in [1.54, 1.807) is 23.0 Å². The highest BCUT2D eigenvalue weighted by atomic mass is 35.5. The van der Waals surface area contributed by atoms with Gasteiger partial charge >= 0.3 is 0 Å². The molecular weight excluding hydrogens is 440 g/mol. The van der Waals surface area contributed by atoms with Gasteiger partial charge in [-0.15, -0.1) is 0 Å². The number of H-pyrrole nitrogens is 1. The number of halogens is 3. The van der Waals surface area contributed by atoms with Gasteiger partial charge in [0.2, 0.25) is 5.91 Å². The molecule has 32 heavy (non-hydrogen) atoms. The van der Waals surface area contributed by atoms with Crippen LogP contribution >= 0.6 is 11.6 Å². The molecule has 2 aliphatic rings. The van der Waals surface area contributed by atoms with Crippen LogP contribution in [0.1, 0.15) is 19.3 Å². The number of nitrogens with zero attached hydrogens (tertiary/aromatic N) is 5. The van der Waals surface area contributed by atoms with Crippen molar-refractivity contribution >= 4 is 45.6 Å². The summed E-state index contributed by atoms with van der Waals surface area (Å²) in [5.74, 6) is -1.22. The fourth-order valence-electron chi connectivity index (χ4n) is 4.33. The minimum absolute atomic E-state index is 0.0241. The zero-order valence-corrected chi connectivity index (χ0v) is 17.5. The Balaban J connectivity index is 1.42. The number of imidazole rings is 1. The predicted molar refractivity (Wildman–Crippen MR) is 116 cm³/mol. The van der Waals surface area contributed by atoms with E-state index in [1.807, 2.05) is 4.90 Å². The average Bonchev–Trinajstić information content (AvgIpc) is 3.21. The third-order valence-electron chi connectivity index (χ3n) is 6.09. The van der Waals surface area contributed by atoms with E-state index < -0.39 is 23.8 Å². The summed E-state index contributed by atoms with van der Waals surface area (Å²) in [5.41, 5.74) is 2.35. The Labute approximate surface area is 185 Å². The third-order valence-corrected chi connectivity index (χ3v) is 6.44. The summed E-state index contributed by atoms with van der Waals surface area (Å²) in [6.45, 7) is 1.52. The van der Waals surface area contributed by atoms with Crippen LogP contribution in [0.4, 0.5) is 20.3 Å². The first-order valence-electron chi connectivity index (χ1n) is 10.4. The molecule has 1 saturated heterocycles. The second-order valence-corrected chi connectivity index (χ2v) is 8.59. The van der Waals surface area contributed by atoms with E-state index in [2.05, 4.69) is 25.5 Å². The van der Waals surface area contributed by atoms with Crippen molar-refractivity contribution in [2.45, 2.75) is 25.4 Å². The molecule has 8 nitrogen and oxygen atoms in total. The Morgan fingerprint density at radius 2 is 2.03 bits per heavy atom. The van der Waals surface area contributed by atoms with Crippen molar-refractivity contribution in [1.29, 1.82) is 0 Å². The number of amides is 1. The van der Waals surface area contributed by atoms with Gasteiger partial charge in [-0.3, -0.25) is 14.9 Å². The van der Waals surface area contributed by atoms with Gasteiger partial charge in [0.25, 0.3) is 0 Å².